The van der Waals surface area contributed by atoms with Gasteiger partial charge in [0.1, 0.15) is 4.90 Å². The number of para-hydroxylation sites is 1. The van der Waals surface area contributed by atoms with Gasteiger partial charge in [0.2, 0.25) is 0 Å². The number of hydrogen-bond acceptors (Lipinski definition) is 7. The number of thioether (sulfide) groups is 1. The Balaban J connectivity index is 1.67. The highest BCUT2D eigenvalue weighted by Gasteiger charge is 2.35. The summed E-state index contributed by atoms with van der Waals surface area (Å²) in [7, 11) is -2.80. The molecule has 0 aromatic heterocycles. The number of rotatable bonds is 7. The van der Waals surface area contributed by atoms with Crippen molar-refractivity contribution in [2.45, 2.75) is 18.4 Å². The summed E-state index contributed by atoms with van der Waals surface area (Å²) >= 11 is 4.21. The van der Waals surface area contributed by atoms with E-state index >= 15 is 0 Å². The van der Waals surface area contributed by atoms with Gasteiger partial charge in [0.25, 0.3) is 11.1 Å². The minimum absolute atomic E-state index is 0.0197. The van der Waals surface area contributed by atoms with Gasteiger partial charge in [-0.2, -0.15) is 8.42 Å². The first-order valence-electron chi connectivity index (χ1n) is 10.4. The highest BCUT2D eigenvalue weighted by Crippen LogP contribution is 2.39. The van der Waals surface area contributed by atoms with E-state index in [1.165, 1.54) is 25.3 Å². The molecule has 3 aromatic carbocycles. The molecule has 1 fully saturated rings. The van der Waals surface area contributed by atoms with Gasteiger partial charge in [-0.25, -0.2) is 0 Å². The maximum absolute atomic E-state index is 13.1. The summed E-state index contributed by atoms with van der Waals surface area (Å²) in [5, 5.41) is -0.422. The van der Waals surface area contributed by atoms with Gasteiger partial charge in [-0.1, -0.05) is 64.0 Å². The number of amides is 2. The van der Waals surface area contributed by atoms with Gasteiger partial charge in [0.15, 0.2) is 11.5 Å². The Labute approximate surface area is 216 Å². The molecule has 0 bridgehead atoms. The molecule has 10 heteroatoms. The molecule has 0 atom stereocenters. The standard InChI is InChI=1S/C25H20BrNO6S2/c1-16-10-12-19(13-11-16)35(30,31)33-23-17(7-5-9-21(23)32-2)14-22-24(28)27(25(29)34-22)15-18-6-3-4-8-20(18)26/h3-14H,15H2,1-2H3/b22-14-. The molecule has 7 nitrogen and oxygen atoms in total. The predicted octanol–water partition coefficient (Wildman–Crippen LogP) is 5.77. The zero-order valence-corrected chi connectivity index (χ0v) is 21.9. The average Bonchev–Trinajstić information content (AvgIpc) is 3.09. The van der Waals surface area contributed by atoms with Crippen LogP contribution < -0.4 is 8.92 Å². The maximum atomic E-state index is 13.1. The number of halogens is 1. The molecule has 0 radical (unpaired) electrons. The van der Waals surface area contributed by atoms with E-state index < -0.39 is 21.3 Å². The molecule has 1 aliphatic heterocycles. The van der Waals surface area contributed by atoms with E-state index in [1.54, 1.807) is 30.3 Å². The highest BCUT2D eigenvalue weighted by molar-refractivity contribution is 9.10. The Morgan fingerprint density at radius 1 is 1.00 bits per heavy atom. The minimum Gasteiger partial charge on any atom is -0.493 e. The smallest absolute Gasteiger partial charge is 0.339 e. The number of aryl methyl sites for hydroxylation is 1. The largest absolute Gasteiger partial charge is 0.493 e. The Morgan fingerprint density at radius 3 is 2.40 bits per heavy atom. The lowest BCUT2D eigenvalue weighted by Gasteiger charge is -2.14. The zero-order valence-electron chi connectivity index (χ0n) is 18.7. The fourth-order valence-corrected chi connectivity index (χ4v) is 5.54. The fraction of sp³-hybridized carbons (Fsp3) is 0.120. The van der Waals surface area contributed by atoms with Crippen molar-refractivity contribution < 1.29 is 26.9 Å². The van der Waals surface area contributed by atoms with Crippen LogP contribution in [-0.4, -0.2) is 31.6 Å². The zero-order chi connectivity index (χ0) is 25.2. The van der Waals surface area contributed by atoms with Crippen LogP contribution >= 0.6 is 27.7 Å². The normalized spacial score (nSPS) is 15.1. The van der Waals surface area contributed by atoms with Crippen molar-refractivity contribution in [2.75, 3.05) is 7.11 Å². The van der Waals surface area contributed by atoms with Crippen LogP contribution in [0.3, 0.4) is 0 Å². The van der Waals surface area contributed by atoms with Crippen LogP contribution in [0.1, 0.15) is 16.7 Å². The van der Waals surface area contributed by atoms with Gasteiger partial charge >= 0.3 is 10.1 Å². The van der Waals surface area contributed by atoms with Crippen molar-refractivity contribution in [3.63, 3.8) is 0 Å². The number of nitrogens with zero attached hydrogens (tertiary/aromatic N) is 1. The van der Waals surface area contributed by atoms with Crippen molar-refractivity contribution in [3.8, 4) is 11.5 Å². The van der Waals surface area contributed by atoms with E-state index in [0.717, 1.165) is 32.3 Å². The molecule has 180 valence electrons. The second-order valence-corrected chi connectivity index (χ2v) is 11.0. The van der Waals surface area contributed by atoms with E-state index in [4.69, 9.17) is 8.92 Å². The molecule has 1 saturated heterocycles. The summed E-state index contributed by atoms with van der Waals surface area (Å²) in [4.78, 5) is 26.9. The number of benzene rings is 3. The third-order valence-electron chi connectivity index (χ3n) is 5.18. The fourth-order valence-electron chi connectivity index (χ4n) is 3.33. The van der Waals surface area contributed by atoms with Crippen molar-refractivity contribution >= 4 is 55.0 Å². The number of imide groups is 1. The van der Waals surface area contributed by atoms with Crippen LogP contribution in [0, 0.1) is 6.92 Å². The summed E-state index contributed by atoms with van der Waals surface area (Å²) in [5.41, 5.74) is 1.97. The Bertz CT molecular complexity index is 1430. The Morgan fingerprint density at radius 2 is 1.71 bits per heavy atom. The molecule has 0 N–H and O–H groups in total. The lowest BCUT2D eigenvalue weighted by atomic mass is 10.1. The summed E-state index contributed by atoms with van der Waals surface area (Å²) in [6.45, 7) is 1.95. The van der Waals surface area contributed by atoms with Crippen molar-refractivity contribution in [1.82, 2.24) is 4.90 Å². The summed E-state index contributed by atoms with van der Waals surface area (Å²) in [6.07, 6.45) is 1.44. The van der Waals surface area contributed by atoms with Gasteiger partial charge in [-0.3, -0.25) is 14.5 Å². The summed E-state index contributed by atoms with van der Waals surface area (Å²) in [6, 6.07) is 18.3. The number of carbonyl (C=O) groups excluding carboxylic acids is 2. The van der Waals surface area contributed by atoms with Crippen molar-refractivity contribution in [2.24, 2.45) is 0 Å². The lowest BCUT2D eigenvalue weighted by molar-refractivity contribution is -0.123. The molecule has 0 saturated carbocycles. The Hall–Kier alpha value is -3.08. The molecule has 1 heterocycles. The first-order valence-corrected chi connectivity index (χ1v) is 13.4. The monoisotopic (exact) mass is 573 g/mol. The van der Waals surface area contributed by atoms with Crippen molar-refractivity contribution in [3.05, 3.63) is 92.8 Å². The van der Waals surface area contributed by atoms with Crippen LogP contribution in [0.25, 0.3) is 6.08 Å². The quantitative estimate of drug-likeness (QED) is 0.262. The molecular weight excluding hydrogens is 554 g/mol. The maximum Gasteiger partial charge on any atom is 0.339 e. The van der Waals surface area contributed by atoms with Gasteiger partial charge in [-0.15, -0.1) is 0 Å². The van der Waals surface area contributed by atoms with E-state index in [2.05, 4.69) is 15.9 Å². The molecular formula is C25H20BrNO6S2. The molecule has 35 heavy (non-hydrogen) atoms. The molecule has 0 unspecified atom stereocenters. The topological polar surface area (TPSA) is 90.0 Å². The van der Waals surface area contributed by atoms with Gasteiger partial charge in [0, 0.05) is 10.0 Å². The molecule has 2 amide bonds. The minimum atomic E-state index is -4.18. The predicted molar refractivity (Wildman–Crippen MR) is 138 cm³/mol. The lowest BCUT2D eigenvalue weighted by Crippen LogP contribution is -2.27. The van der Waals surface area contributed by atoms with Crippen molar-refractivity contribution in [1.29, 1.82) is 0 Å². The average molecular weight is 574 g/mol. The van der Waals surface area contributed by atoms with Crippen LogP contribution in [-0.2, 0) is 21.5 Å². The van der Waals surface area contributed by atoms with Gasteiger partial charge in [-0.05, 0) is 54.6 Å². The Kier molecular flexibility index (Phi) is 7.34. The molecule has 0 aliphatic carbocycles. The van der Waals surface area contributed by atoms with E-state index in [9.17, 15) is 18.0 Å². The third kappa shape index (κ3) is 5.44. The number of ether oxygens (including phenoxy) is 1. The SMILES string of the molecule is COc1cccc(/C=C2\SC(=O)N(Cc3ccccc3Br)C2=O)c1OS(=O)(=O)c1ccc(C)cc1. The molecule has 3 aromatic rings. The molecule has 0 spiro atoms. The second-order valence-electron chi connectivity index (χ2n) is 7.59. The summed E-state index contributed by atoms with van der Waals surface area (Å²) < 4.78 is 37.4. The van der Waals surface area contributed by atoms with Crippen LogP contribution in [0.5, 0.6) is 11.5 Å². The van der Waals surface area contributed by atoms with Crippen LogP contribution in [0.2, 0.25) is 0 Å². The highest BCUT2D eigenvalue weighted by atomic mass is 79.9. The molecule has 4 rings (SSSR count). The number of hydrogen-bond donors (Lipinski definition) is 0. The third-order valence-corrected chi connectivity index (χ3v) is 8.10. The van der Waals surface area contributed by atoms with Crippen LogP contribution in [0.4, 0.5) is 4.79 Å². The summed E-state index contributed by atoms with van der Waals surface area (Å²) in [5.74, 6) is -0.388. The number of methoxy groups -OCH3 is 1. The van der Waals surface area contributed by atoms with E-state index in [0.29, 0.717) is 0 Å². The number of carbonyl (C=O) groups is 2. The molecule has 1 aliphatic rings. The first kappa shape index (κ1) is 25.0. The van der Waals surface area contributed by atoms with Crippen LogP contribution in [0.15, 0.2) is 81.0 Å². The van der Waals surface area contributed by atoms with E-state index in [1.807, 2.05) is 31.2 Å². The second kappa shape index (κ2) is 10.3. The van der Waals surface area contributed by atoms with Gasteiger partial charge < -0.3 is 8.92 Å². The van der Waals surface area contributed by atoms with E-state index in [-0.39, 0.29) is 33.4 Å². The first-order chi connectivity index (χ1) is 16.7. The van der Waals surface area contributed by atoms with Gasteiger partial charge in [0.05, 0.1) is 18.6 Å².